The topological polar surface area (TPSA) is 55.1 Å². The van der Waals surface area contributed by atoms with Crippen LogP contribution in [0.15, 0.2) is 0 Å². The van der Waals surface area contributed by atoms with Crippen molar-refractivity contribution < 1.29 is 4.79 Å². The van der Waals surface area contributed by atoms with Crippen molar-refractivity contribution >= 4 is 5.91 Å². The van der Waals surface area contributed by atoms with Gasteiger partial charge in [-0.3, -0.25) is 4.79 Å². The molecule has 3 atom stereocenters. The molecular weight excluding hydrogens is 248 g/mol. The molecule has 2 aliphatic rings. The van der Waals surface area contributed by atoms with Crippen LogP contribution in [0.4, 0.5) is 0 Å². The van der Waals surface area contributed by atoms with E-state index in [-0.39, 0.29) is 11.3 Å². The third-order valence-electron chi connectivity index (χ3n) is 6.17. The third-order valence-corrected chi connectivity index (χ3v) is 6.17. The molecule has 0 spiro atoms. The van der Waals surface area contributed by atoms with Crippen molar-refractivity contribution in [2.24, 2.45) is 28.9 Å². The van der Waals surface area contributed by atoms with Gasteiger partial charge in [0.05, 0.1) is 5.41 Å². The first kappa shape index (κ1) is 15.8. The number of rotatable bonds is 4. The number of carbonyl (C=O) groups excluding carboxylic acids is 1. The van der Waals surface area contributed by atoms with Crippen molar-refractivity contribution in [2.75, 3.05) is 6.54 Å². The van der Waals surface area contributed by atoms with Crippen LogP contribution in [0, 0.1) is 23.2 Å². The standard InChI is InChI=1S/C17H32N2O/c1-4-14-5-6-15(13(14)3)19-16(20)17(11-18)9-7-12(2)8-10-17/h12-15H,4-11,18H2,1-3H3,(H,19,20). The van der Waals surface area contributed by atoms with E-state index in [4.69, 9.17) is 5.73 Å². The third kappa shape index (κ3) is 3.03. The first-order valence-electron chi connectivity index (χ1n) is 8.53. The van der Waals surface area contributed by atoms with Crippen LogP contribution in [0.25, 0.3) is 0 Å². The molecule has 2 rings (SSSR count). The summed E-state index contributed by atoms with van der Waals surface area (Å²) < 4.78 is 0. The number of carbonyl (C=O) groups is 1. The van der Waals surface area contributed by atoms with E-state index in [2.05, 4.69) is 26.1 Å². The van der Waals surface area contributed by atoms with Crippen molar-refractivity contribution in [1.82, 2.24) is 5.32 Å². The fourth-order valence-electron chi connectivity index (χ4n) is 4.19. The summed E-state index contributed by atoms with van der Waals surface area (Å²) in [7, 11) is 0. The van der Waals surface area contributed by atoms with Crippen LogP contribution in [0.3, 0.4) is 0 Å². The Hall–Kier alpha value is -0.570. The Bertz CT molecular complexity index is 334. The quantitative estimate of drug-likeness (QED) is 0.831. The molecular formula is C17H32N2O. The molecule has 20 heavy (non-hydrogen) atoms. The first-order valence-corrected chi connectivity index (χ1v) is 8.53. The van der Waals surface area contributed by atoms with Crippen LogP contribution < -0.4 is 11.1 Å². The van der Waals surface area contributed by atoms with Gasteiger partial charge in [0.15, 0.2) is 0 Å². The Morgan fingerprint density at radius 2 is 1.85 bits per heavy atom. The average molecular weight is 280 g/mol. The summed E-state index contributed by atoms with van der Waals surface area (Å²) in [5.74, 6) is 2.37. The van der Waals surface area contributed by atoms with Crippen molar-refractivity contribution in [2.45, 2.75) is 71.8 Å². The smallest absolute Gasteiger partial charge is 0.227 e. The number of amides is 1. The zero-order valence-corrected chi connectivity index (χ0v) is 13.5. The van der Waals surface area contributed by atoms with Gasteiger partial charge in [0.1, 0.15) is 0 Å². The highest BCUT2D eigenvalue weighted by Gasteiger charge is 2.42. The second-order valence-corrected chi connectivity index (χ2v) is 7.35. The van der Waals surface area contributed by atoms with E-state index in [0.717, 1.165) is 43.9 Å². The van der Waals surface area contributed by atoms with E-state index in [1.807, 2.05) is 0 Å². The van der Waals surface area contributed by atoms with E-state index >= 15 is 0 Å². The van der Waals surface area contributed by atoms with Gasteiger partial charge in [0.25, 0.3) is 0 Å². The summed E-state index contributed by atoms with van der Waals surface area (Å²) in [6, 6.07) is 0.371. The van der Waals surface area contributed by atoms with Gasteiger partial charge in [-0.2, -0.15) is 0 Å². The van der Waals surface area contributed by atoms with Crippen LogP contribution in [-0.4, -0.2) is 18.5 Å². The molecule has 0 bridgehead atoms. The Morgan fingerprint density at radius 3 is 2.35 bits per heavy atom. The van der Waals surface area contributed by atoms with Gasteiger partial charge in [-0.1, -0.05) is 27.2 Å². The van der Waals surface area contributed by atoms with Crippen LogP contribution in [0.1, 0.15) is 65.7 Å². The maximum atomic E-state index is 12.8. The molecule has 3 nitrogen and oxygen atoms in total. The zero-order chi connectivity index (χ0) is 14.8. The van der Waals surface area contributed by atoms with Crippen LogP contribution in [-0.2, 0) is 4.79 Å². The minimum absolute atomic E-state index is 0.237. The largest absolute Gasteiger partial charge is 0.353 e. The lowest BCUT2D eigenvalue weighted by atomic mass is 9.70. The molecule has 0 radical (unpaired) electrons. The van der Waals surface area contributed by atoms with E-state index in [9.17, 15) is 4.79 Å². The molecule has 0 aromatic rings. The molecule has 0 aliphatic heterocycles. The van der Waals surface area contributed by atoms with E-state index in [1.165, 1.54) is 12.8 Å². The van der Waals surface area contributed by atoms with E-state index in [0.29, 0.717) is 18.5 Å². The summed E-state index contributed by atoms with van der Waals surface area (Å²) in [5, 5.41) is 3.35. The van der Waals surface area contributed by atoms with Gasteiger partial charge in [-0.15, -0.1) is 0 Å². The Morgan fingerprint density at radius 1 is 1.20 bits per heavy atom. The normalized spacial score (nSPS) is 41.6. The highest BCUT2D eigenvalue weighted by Crippen LogP contribution is 2.40. The number of nitrogens with one attached hydrogen (secondary N) is 1. The predicted octanol–water partition coefficient (Wildman–Crippen LogP) is 3.08. The molecule has 3 heteroatoms. The SMILES string of the molecule is CCC1CCC(NC(=O)C2(CN)CCC(C)CC2)C1C. The van der Waals surface area contributed by atoms with E-state index in [1.54, 1.807) is 0 Å². The lowest BCUT2D eigenvalue weighted by molar-refractivity contribution is -0.133. The minimum Gasteiger partial charge on any atom is -0.353 e. The first-order chi connectivity index (χ1) is 9.52. The molecule has 3 N–H and O–H groups in total. The second-order valence-electron chi connectivity index (χ2n) is 7.35. The summed E-state index contributed by atoms with van der Waals surface area (Å²) in [6.45, 7) is 7.34. The fraction of sp³-hybridized carbons (Fsp3) is 0.941. The van der Waals surface area contributed by atoms with Gasteiger partial charge >= 0.3 is 0 Å². The lowest BCUT2D eigenvalue weighted by Gasteiger charge is -2.38. The van der Waals surface area contributed by atoms with Gasteiger partial charge in [-0.05, 0) is 56.3 Å². The molecule has 116 valence electrons. The molecule has 1 amide bonds. The summed E-state index contributed by atoms with van der Waals surface area (Å²) in [5.41, 5.74) is 5.70. The molecule has 0 aromatic heterocycles. The van der Waals surface area contributed by atoms with Crippen molar-refractivity contribution in [3.05, 3.63) is 0 Å². The minimum atomic E-state index is -0.281. The molecule has 3 unspecified atom stereocenters. The number of hydrogen-bond donors (Lipinski definition) is 2. The molecule has 0 heterocycles. The van der Waals surface area contributed by atoms with Crippen molar-refractivity contribution in [3.8, 4) is 0 Å². The molecule has 2 aliphatic carbocycles. The lowest BCUT2D eigenvalue weighted by Crippen LogP contribution is -2.51. The second kappa shape index (κ2) is 6.46. The Labute approximate surface area is 124 Å². The highest BCUT2D eigenvalue weighted by molar-refractivity contribution is 5.83. The maximum absolute atomic E-state index is 12.8. The Balaban J connectivity index is 1.96. The van der Waals surface area contributed by atoms with Crippen molar-refractivity contribution in [1.29, 1.82) is 0 Å². The van der Waals surface area contributed by atoms with Crippen LogP contribution >= 0.6 is 0 Å². The summed E-state index contributed by atoms with van der Waals surface area (Å²) in [6.07, 6.45) is 7.85. The van der Waals surface area contributed by atoms with Gasteiger partial charge in [0, 0.05) is 12.6 Å². The van der Waals surface area contributed by atoms with Crippen LogP contribution in [0.2, 0.25) is 0 Å². The monoisotopic (exact) mass is 280 g/mol. The Kier molecular flexibility index (Phi) is 5.11. The summed E-state index contributed by atoms with van der Waals surface area (Å²) >= 11 is 0. The van der Waals surface area contributed by atoms with Crippen molar-refractivity contribution in [3.63, 3.8) is 0 Å². The van der Waals surface area contributed by atoms with Crippen LogP contribution in [0.5, 0.6) is 0 Å². The van der Waals surface area contributed by atoms with Gasteiger partial charge in [-0.25, -0.2) is 0 Å². The molecule has 0 saturated heterocycles. The van der Waals surface area contributed by atoms with Gasteiger partial charge < -0.3 is 11.1 Å². The van der Waals surface area contributed by atoms with Gasteiger partial charge in [0.2, 0.25) is 5.91 Å². The number of nitrogens with two attached hydrogens (primary N) is 1. The maximum Gasteiger partial charge on any atom is 0.227 e. The molecule has 2 fully saturated rings. The van der Waals surface area contributed by atoms with E-state index < -0.39 is 0 Å². The fourth-order valence-corrected chi connectivity index (χ4v) is 4.19. The average Bonchev–Trinajstić information content (AvgIpc) is 2.81. The summed E-state index contributed by atoms with van der Waals surface area (Å²) in [4.78, 5) is 12.8. The number of hydrogen-bond acceptors (Lipinski definition) is 2. The molecule has 2 saturated carbocycles. The molecule has 0 aromatic carbocycles. The highest BCUT2D eigenvalue weighted by atomic mass is 16.2. The predicted molar refractivity (Wildman–Crippen MR) is 83.2 cm³/mol. The zero-order valence-electron chi connectivity index (χ0n) is 13.5.